The number of esters is 1. The molecule has 1 aliphatic heterocycles. The first-order valence-electron chi connectivity index (χ1n) is 5.50. The van der Waals surface area contributed by atoms with Gasteiger partial charge in [0.1, 0.15) is 29.7 Å². The highest BCUT2D eigenvalue weighted by atomic mass is 32.1. The van der Waals surface area contributed by atoms with Gasteiger partial charge in [0, 0.05) is 6.07 Å². The summed E-state index contributed by atoms with van der Waals surface area (Å²) >= 11 is 5.12. The van der Waals surface area contributed by atoms with E-state index in [-0.39, 0.29) is 13.2 Å². The van der Waals surface area contributed by atoms with E-state index in [9.17, 15) is 9.18 Å². The Kier molecular flexibility index (Phi) is 3.76. The zero-order valence-electron chi connectivity index (χ0n) is 9.81. The molecule has 0 radical (unpaired) electrons. The highest BCUT2D eigenvalue weighted by Crippen LogP contribution is 2.32. The topological polar surface area (TPSA) is 38.8 Å². The van der Waals surface area contributed by atoms with Gasteiger partial charge in [-0.1, -0.05) is 12.2 Å². The average Bonchev–Trinajstić information content (AvgIpc) is 2.33. The van der Waals surface area contributed by atoms with Crippen LogP contribution in [0.4, 0.5) is 10.1 Å². The van der Waals surface area contributed by atoms with Gasteiger partial charge in [-0.05, 0) is 19.1 Å². The molecule has 0 N–H and O–H groups in total. The summed E-state index contributed by atoms with van der Waals surface area (Å²) in [5.41, 5.74) is 0.458. The van der Waals surface area contributed by atoms with E-state index in [1.807, 2.05) is 0 Å². The Balaban J connectivity index is 2.27. The standard InChI is InChI=1S/C12H12FNO3S/c1-2-16-12(15)6-14-9-5-8(13)3-4-10(9)17-7-11(14)18/h3-5H,2,6-7H2,1H3. The molecule has 6 heteroatoms. The van der Waals surface area contributed by atoms with Crippen molar-refractivity contribution in [1.29, 1.82) is 0 Å². The first-order chi connectivity index (χ1) is 8.61. The van der Waals surface area contributed by atoms with Crippen molar-refractivity contribution in [1.82, 2.24) is 0 Å². The quantitative estimate of drug-likeness (QED) is 0.619. The molecule has 1 aromatic rings. The van der Waals surface area contributed by atoms with Gasteiger partial charge in [-0.2, -0.15) is 0 Å². The number of carbonyl (C=O) groups excluding carboxylic acids is 1. The fraction of sp³-hybridized carbons (Fsp3) is 0.333. The smallest absolute Gasteiger partial charge is 0.325 e. The molecule has 0 aromatic heterocycles. The number of hydrogen-bond acceptors (Lipinski definition) is 4. The molecule has 1 heterocycles. The number of thiocarbonyl (C=S) groups is 1. The van der Waals surface area contributed by atoms with Crippen LogP contribution in [0.5, 0.6) is 5.75 Å². The molecule has 0 spiro atoms. The maximum Gasteiger partial charge on any atom is 0.325 e. The van der Waals surface area contributed by atoms with E-state index in [1.165, 1.54) is 23.1 Å². The molecule has 4 nitrogen and oxygen atoms in total. The first kappa shape index (κ1) is 12.8. The number of fused-ring (bicyclic) bond motifs is 1. The molecule has 2 rings (SSSR count). The fourth-order valence-electron chi connectivity index (χ4n) is 1.68. The van der Waals surface area contributed by atoms with Gasteiger partial charge >= 0.3 is 5.97 Å². The normalized spacial score (nSPS) is 13.9. The van der Waals surface area contributed by atoms with Gasteiger partial charge in [0.2, 0.25) is 0 Å². The van der Waals surface area contributed by atoms with Crippen molar-refractivity contribution in [2.24, 2.45) is 0 Å². The molecule has 0 unspecified atom stereocenters. The number of carbonyl (C=O) groups is 1. The van der Waals surface area contributed by atoms with Gasteiger partial charge in [0.15, 0.2) is 0 Å². The summed E-state index contributed by atoms with van der Waals surface area (Å²) in [5.74, 6) is -0.304. The third-order valence-corrected chi connectivity index (χ3v) is 2.79. The monoisotopic (exact) mass is 269 g/mol. The number of benzene rings is 1. The second kappa shape index (κ2) is 5.30. The molecular weight excluding hydrogens is 257 g/mol. The lowest BCUT2D eigenvalue weighted by Gasteiger charge is -2.30. The molecule has 0 atom stereocenters. The van der Waals surface area contributed by atoms with Crippen LogP contribution < -0.4 is 9.64 Å². The largest absolute Gasteiger partial charge is 0.484 e. The summed E-state index contributed by atoms with van der Waals surface area (Å²) < 4.78 is 23.5. The summed E-state index contributed by atoms with van der Waals surface area (Å²) in [5, 5.41) is 0. The van der Waals surface area contributed by atoms with Crippen molar-refractivity contribution >= 4 is 28.9 Å². The van der Waals surface area contributed by atoms with Crippen LogP contribution in [0.15, 0.2) is 18.2 Å². The van der Waals surface area contributed by atoms with Gasteiger partial charge in [-0.3, -0.25) is 4.79 Å². The van der Waals surface area contributed by atoms with Crippen LogP contribution in [0.3, 0.4) is 0 Å². The van der Waals surface area contributed by atoms with E-state index in [0.717, 1.165) is 0 Å². The van der Waals surface area contributed by atoms with Crippen molar-refractivity contribution in [3.05, 3.63) is 24.0 Å². The Bertz CT molecular complexity index is 492. The number of rotatable bonds is 3. The van der Waals surface area contributed by atoms with Crippen LogP contribution in [-0.2, 0) is 9.53 Å². The van der Waals surface area contributed by atoms with Crippen molar-refractivity contribution in [2.75, 3.05) is 24.7 Å². The molecule has 18 heavy (non-hydrogen) atoms. The maximum atomic E-state index is 13.2. The summed E-state index contributed by atoms with van der Waals surface area (Å²) in [6.07, 6.45) is 0. The molecule has 0 aliphatic carbocycles. The van der Waals surface area contributed by atoms with E-state index in [4.69, 9.17) is 21.7 Å². The van der Waals surface area contributed by atoms with Gasteiger partial charge in [0.05, 0.1) is 12.3 Å². The van der Waals surface area contributed by atoms with Crippen molar-refractivity contribution < 1.29 is 18.7 Å². The molecule has 96 valence electrons. The lowest BCUT2D eigenvalue weighted by Crippen LogP contribution is -2.41. The lowest BCUT2D eigenvalue weighted by atomic mass is 10.2. The molecule has 1 aromatic carbocycles. The summed E-state index contributed by atoms with van der Waals surface area (Å²) in [4.78, 5) is 13.5. The van der Waals surface area contributed by atoms with Gasteiger partial charge in [0.25, 0.3) is 0 Å². The van der Waals surface area contributed by atoms with E-state index in [2.05, 4.69) is 0 Å². The lowest BCUT2D eigenvalue weighted by molar-refractivity contribution is -0.141. The predicted molar refractivity (Wildman–Crippen MR) is 68.5 cm³/mol. The first-order valence-corrected chi connectivity index (χ1v) is 5.91. The Morgan fingerprint density at radius 2 is 2.39 bits per heavy atom. The van der Waals surface area contributed by atoms with Crippen LogP contribution in [-0.4, -0.2) is 30.7 Å². The SMILES string of the molecule is CCOC(=O)CN1C(=S)COc2ccc(F)cc21. The number of hydrogen-bond donors (Lipinski definition) is 0. The number of halogens is 1. The van der Waals surface area contributed by atoms with Crippen LogP contribution in [0.25, 0.3) is 0 Å². The van der Waals surface area contributed by atoms with Gasteiger partial charge < -0.3 is 14.4 Å². The molecule has 0 amide bonds. The molecule has 0 saturated carbocycles. The third kappa shape index (κ3) is 2.59. The van der Waals surface area contributed by atoms with Crippen molar-refractivity contribution in [2.45, 2.75) is 6.92 Å². The number of ether oxygens (including phenoxy) is 2. The van der Waals surface area contributed by atoms with Crippen LogP contribution in [0, 0.1) is 5.82 Å². The second-order valence-electron chi connectivity index (χ2n) is 3.69. The molecule has 0 saturated heterocycles. The Hall–Kier alpha value is -1.69. The fourth-order valence-corrected chi connectivity index (χ4v) is 1.91. The number of anilines is 1. The minimum atomic E-state index is -0.407. The Labute approximate surface area is 109 Å². The predicted octanol–water partition coefficient (Wildman–Crippen LogP) is 1.92. The highest BCUT2D eigenvalue weighted by molar-refractivity contribution is 7.80. The Morgan fingerprint density at radius 3 is 3.11 bits per heavy atom. The molecule has 0 fully saturated rings. The van der Waals surface area contributed by atoms with Gasteiger partial charge in [-0.25, -0.2) is 4.39 Å². The second-order valence-corrected chi connectivity index (χ2v) is 4.16. The zero-order valence-corrected chi connectivity index (χ0v) is 10.6. The minimum absolute atomic E-state index is 0.0352. The summed E-state index contributed by atoms with van der Waals surface area (Å²) in [6.45, 7) is 2.19. The minimum Gasteiger partial charge on any atom is -0.484 e. The van der Waals surface area contributed by atoms with Crippen molar-refractivity contribution in [3.63, 3.8) is 0 Å². The van der Waals surface area contributed by atoms with Crippen molar-refractivity contribution in [3.8, 4) is 5.75 Å². The molecule has 0 bridgehead atoms. The van der Waals surface area contributed by atoms with E-state index in [0.29, 0.717) is 23.0 Å². The average molecular weight is 269 g/mol. The molecular formula is C12H12FNO3S. The summed E-state index contributed by atoms with van der Waals surface area (Å²) in [7, 11) is 0. The maximum absolute atomic E-state index is 13.2. The Morgan fingerprint density at radius 1 is 1.61 bits per heavy atom. The van der Waals surface area contributed by atoms with E-state index < -0.39 is 11.8 Å². The van der Waals surface area contributed by atoms with Gasteiger partial charge in [-0.15, -0.1) is 0 Å². The third-order valence-electron chi connectivity index (χ3n) is 2.46. The zero-order chi connectivity index (χ0) is 13.1. The highest BCUT2D eigenvalue weighted by Gasteiger charge is 2.25. The number of nitrogens with zero attached hydrogens (tertiary/aromatic N) is 1. The van der Waals surface area contributed by atoms with Crippen LogP contribution >= 0.6 is 12.2 Å². The summed E-state index contributed by atoms with van der Waals surface area (Å²) in [6, 6.07) is 4.11. The van der Waals surface area contributed by atoms with E-state index in [1.54, 1.807) is 6.92 Å². The van der Waals surface area contributed by atoms with E-state index >= 15 is 0 Å². The molecule has 1 aliphatic rings. The van der Waals surface area contributed by atoms with Crippen LogP contribution in [0.1, 0.15) is 6.92 Å². The van der Waals surface area contributed by atoms with Crippen LogP contribution in [0.2, 0.25) is 0 Å².